The van der Waals surface area contributed by atoms with Crippen molar-refractivity contribution in [3.63, 3.8) is 0 Å². The minimum atomic E-state index is -1.06. The summed E-state index contributed by atoms with van der Waals surface area (Å²) in [5, 5.41) is 10.0. The lowest BCUT2D eigenvalue weighted by Gasteiger charge is -2.31. The summed E-state index contributed by atoms with van der Waals surface area (Å²) in [6.07, 6.45) is 5.44. The standard InChI is InChI=1S/C11H11BrN2O3/c1-2-17-11(16)8-6-13-9-5-7(12)3-4-14(9)10(8)15/h3-6,10,15H,2H2,1H3/t10-/m1/s1. The Labute approximate surface area is 107 Å². The van der Waals surface area contributed by atoms with E-state index in [1.54, 1.807) is 25.3 Å². The van der Waals surface area contributed by atoms with Crippen LogP contribution in [0.25, 0.3) is 0 Å². The molecule has 5 nitrogen and oxygen atoms in total. The monoisotopic (exact) mass is 298 g/mol. The number of rotatable bonds is 2. The van der Waals surface area contributed by atoms with Gasteiger partial charge in [-0.2, -0.15) is 0 Å². The summed E-state index contributed by atoms with van der Waals surface area (Å²) in [7, 11) is 0. The molecule has 2 heterocycles. The van der Waals surface area contributed by atoms with Gasteiger partial charge in [0.2, 0.25) is 0 Å². The van der Waals surface area contributed by atoms with E-state index in [9.17, 15) is 9.90 Å². The van der Waals surface area contributed by atoms with Crippen molar-refractivity contribution >= 4 is 27.7 Å². The van der Waals surface area contributed by atoms with Crippen molar-refractivity contribution in [3.05, 3.63) is 34.6 Å². The Morgan fingerprint density at radius 2 is 2.47 bits per heavy atom. The number of fused-ring (bicyclic) bond motifs is 1. The molecule has 0 aliphatic carbocycles. The fraction of sp³-hybridized carbons (Fsp3) is 0.273. The van der Waals surface area contributed by atoms with E-state index in [-0.39, 0.29) is 12.2 Å². The molecule has 17 heavy (non-hydrogen) atoms. The number of allylic oxidation sites excluding steroid dienone is 2. The quantitative estimate of drug-likeness (QED) is 0.780. The Balaban J connectivity index is 2.28. The molecule has 2 aliphatic heterocycles. The molecule has 0 amide bonds. The molecule has 1 N–H and O–H groups in total. The van der Waals surface area contributed by atoms with E-state index in [0.717, 1.165) is 4.48 Å². The number of nitrogens with zero attached hydrogens (tertiary/aromatic N) is 2. The van der Waals surface area contributed by atoms with Crippen LogP contribution < -0.4 is 0 Å². The molecule has 0 aromatic rings. The van der Waals surface area contributed by atoms with Crippen LogP contribution in [0.1, 0.15) is 6.92 Å². The maximum Gasteiger partial charge on any atom is 0.340 e. The molecule has 0 saturated carbocycles. The number of esters is 1. The van der Waals surface area contributed by atoms with Crippen molar-refractivity contribution in [2.24, 2.45) is 4.99 Å². The van der Waals surface area contributed by atoms with Gasteiger partial charge in [0.1, 0.15) is 11.4 Å². The van der Waals surface area contributed by atoms with Gasteiger partial charge >= 0.3 is 5.97 Å². The molecular weight excluding hydrogens is 288 g/mol. The van der Waals surface area contributed by atoms with Crippen LogP contribution in [0.5, 0.6) is 0 Å². The number of carbonyl (C=O) groups is 1. The van der Waals surface area contributed by atoms with Crippen LogP contribution in [-0.4, -0.2) is 34.6 Å². The molecule has 2 aliphatic rings. The molecule has 1 atom stereocenters. The number of aliphatic hydroxyl groups is 1. The number of carbonyl (C=O) groups excluding carboxylic acids is 1. The summed E-state index contributed by atoms with van der Waals surface area (Å²) >= 11 is 3.31. The van der Waals surface area contributed by atoms with Gasteiger partial charge < -0.3 is 14.7 Å². The van der Waals surface area contributed by atoms with Crippen molar-refractivity contribution in [1.82, 2.24) is 4.90 Å². The van der Waals surface area contributed by atoms with Crippen LogP contribution in [0, 0.1) is 0 Å². The van der Waals surface area contributed by atoms with Gasteiger partial charge in [-0.15, -0.1) is 0 Å². The molecule has 0 saturated heterocycles. The molecule has 0 aromatic carbocycles. The second-order valence-electron chi connectivity index (χ2n) is 3.42. The molecule has 0 spiro atoms. The topological polar surface area (TPSA) is 62.1 Å². The number of hydrogen-bond donors (Lipinski definition) is 1. The fourth-order valence-electron chi connectivity index (χ4n) is 1.51. The average Bonchev–Trinajstić information content (AvgIpc) is 2.29. The van der Waals surface area contributed by atoms with Gasteiger partial charge in [-0.1, -0.05) is 15.9 Å². The summed E-state index contributed by atoms with van der Waals surface area (Å²) in [6, 6.07) is 0. The smallest absolute Gasteiger partial charge is 0.340 e. The lowest BCUT2D eigenvalue weighted by atomic mass is 10.1. The van der Waals surface area contributed by atoms with Gasteiger partial charge in [-0.05, 0) is 19.1 Å². The Morgan fingerprint density at radius 1 is 1.71 bits per heavy atom. The first-order valence-corrected chi connectivity index (χ1v) is 5.89. The summed E-state index contributed by atoms with van der Waals surface area (Å²) in [5.41, 5.74) is 0.131. The van der Waals surface area contributed by atoms with Crippen LogP contribution in [0.3, 0.4) is 0 Å². The number of amidine groups is 1. The van der Waals surface area contributed by atoms with Gasteiger partial charge in [-0.25, -0.2) is 9.79 Å². The van der Waals surface area contributed by atoms with E-state index in [1.807, 2.05) is 0 Å². The molecule has 2 rings (SSSR count). The van der Waals surface area contributed by atoms with Crippen LogP contribution >= 0.6 is 15.9 Å². The highest BCUT2D eigenvalue weighted by Crippen LogP contribution is 2.23. The zero-order chi connectivity index (χ0) is 12.4. The first-order valence-electron chi connectivity index (χ1n) is 5.10. The lowest BCUT2D eigenvalue weighted by molar-refractivity contribution is -0.140. The third-order valence-electron chi connectivity index (χ3n) is 2.31. The van der Waals surface area contributed by atoms with Crippen molar-refractivity contribution in [2.45, 2.75) is 13.2 Å². The highest BCUT2D eigenvalue weighted by atomic mass is 79.9. The fourth-order valence-corrected chi connectivity index (χ4v) is 1.83. The summed E-state index contributed by atoms with van der Waals surface area (Å²) < 4.78 is 5.70. The van der Waals surface area contributed by atoms with Crippen LogP contribution in [0.15, 0.2) is 39.6 Å². The maximum absolute atomic E-state index is 11.6. The normalized spacial score (nSPS) is 22.4. The zero-order valence-corrected chi connectivity index (χ0v) is 10.7. The molecular formula is C11H11BrN2O3. The van der Waals surface area contributed by atoms with E-state index >= 15 is 0 Å². The third-order valence-corrected chi connectivity index (χ3v) is 2.81. The first kappa shape index (κ1) is 12.1. The Bertz CT molecular complexity index is 465. The number of aliphatic imine (C=N–C) groups is 1. The van der Waals surface area contributed by atoms with Crippen molar-refractivity contribution in [3.8, 4) is 0 Å². The van der Waals surface area contributed by atoms with E-state index in [0.29, 0.717) is 5.84 Å². The predicted octanol–water partition coefficient (Wildman–Crippen LogP) is 1.27. The van der Waals surface area contributed by atoms with Crippen LogP contribution in [-0.2, 0) is 9.53 Å². The van der Waals surface area contributed by atoms with E-state index in [1.165, 1.54) is 11.1 Å². The van der Waals surface area contributed by atoms with E-state index in [4.69, 9.17) is 4.74 Å². The minimum absolute atomic E-state index is 0.131. The molecule has 0 fully saturated rings. The van der Waals surface area contributed by atoms with Crippen molar-refractivity contribution in [2.75, 3.05) is 6.61 Å². The predicted molar refractivity (Wildman–Crippen MR) is 66.1 cm³/mol. The van der Waals surface area contributed by atoms with Crippen molar-refractivity contribution < 1.29 is 14.6 Å². The second kappa shape index (κ2) is 4.85. The second-order valence-corrected chi connectivity index (χ2v) is 4.33. The molecule has 0 aromatic heterocycles. The molecule has 0 radical (unpaired) electrons. The Hall–Kier alpha value is -1.40. The summed E-state index contributed by atoms with van der Waals surface area (Å²) in [5.74, 6) is 0.0183. The number of hydrogen-bond acceptors (Lipinski definition) is 5. The molecule has 0 bridgehead atoms. The lowest BCUT2D eigenvalue weighted by Crippen LogP contribution is -2.42. The van der Waals surface area contributed by atoms with Gasteiger partial charge in [0.25, 0.3) is 0 Å². The third kappa shape index (κ3) is 2.32. The SMILES string of the molecule is CCOC(=O)C1=CN=C2C=C(Br)C=CN2[C@@H]1O. The van der Waals surface area contributed by atoms with Crippen molar-refractivity contribution in [1.29, 1.82) is 0 Å². The maximum atomic E-state index is 11.6. The van der Waals surface area contributed by atoms with Gasteiger partial charge in [0.15, 0.2) is 6.23 Å². The Kier molecular flexibility index (Phi) is 3.44. The van der Waals surface area contributed by atoms with E-state index in [2.05, 4.69) is 20.9 Å². The minimum Gasteiger partial charge on any atom is -0.462 e. The van der Waals surface area contributed by atoms with Crippen LogP contribution in [0.2, 0.25) is 0 Å². The number of halogens is 1. The summed E-state index contributed by atoms with van der Waals surface area (Å²) in [4.78, 5) is 17.1. The van der Waals surface area contributed by atoms with Gasteiger partial charge in [-0.3, -0.25) is 0 Å². The first-order chi connectivity index (χ1) is 8.13. The summed E-state index contributed by atoms with van der Waals surface area (Å²) in [6.45, 7) is 1.98. The largest absolute Gasteiger partial charge is 0.462 e. The molecule has 6 heteroatoms. The van der Waals surface area contributed by atoms with Gasteiger partial charge in [0, 0.05) is 16.9 Å². The average molecular weight is 299 g/mol. The van der Waals surface area contributed by atoms with Gasteiger partial charge in [0.05, 0.1) is 6.61 Å². The molecule has 90 valence electrons. The molecule has 0 unspecified atom stereocenters. The van der Waals surface area contributed by atoms with E-state index < -0.39 is 12.2 Å². The number of ether oxygens (including phenoxy) is 1. The Morgan fingerprint density at radius 3 is 3.18 bits per heavy atom. The zero-order valence-electron chi connectivity index (χ0n) is 9.13. The highest BCUT2D eigenvalue weighted by molar-refractivity contribution is 9.11. The van der Waals surface area contributed by atoms with Crippen LogP contribution in [0.4, 0.5) is 0 Å². The number of aliphatic hydroxyl groups excluding tert-OH is 1. The highest BCUT2D eigenvalue weighted by Gasteiger charge is 2.30.